The topological polar surface area (TPSA) is 71.8 Å². The van der Waals surface area contributed by atoms with E-state index in [2.05, 4.69) is 14.8 Å². The van der Waals surface area contributed by atoms with Gasteiger partial charge in [0.2, 0.25) is 0 Å². The minimum absolute atomic E-state index is 0.120. The molecule has 1 aromatic heterocycles. The van der Waals surface area contributed by atoms with Gasteiger partial charge in [-0.25, -0.2) is 24.5 Å². The summed E-state index contributed by atoms with van der Waals surface area (Å²) in [5.74, 6) is 0.120. The van der Waals surface area contributed by atoms with Crippen molar-refractivity contribution >= 4 is 5.78 Å². The minimum atomic E-state index is 0.120. The van der Waals surface area contributed by atoms with Gasteiger partial charge in [0.15, 0.2) is 5.78 Å². The van der Waals surface area contributed by atoms with Gasteiger partial charge in [-0.2, -0.15) is 0 Å². The standard InChI is InChI=1S/C17H22N2O5/c1-21-23-11-16-17(12-24-22-2)19(13-18-16)10-15(20)9-8-14-6-4-3-5-7-14/h3-7,13H,8-12H2,1-2H3. The lowest BCUT2D eigenvalue weighted by Crippen LogP contribution is -2.14. The number of Topliss-reactive ketones (excluding diaryl/α,β-unsaturated/α-hetero) is 1. The van der Waals surface area contributed by atoms with Crippen molar-refractivity contribution in [2.24, 2.45) is 0 Å². The molecule has 1 heterocycles. The fourth-order valence-corrected chi connectivity index (χ4v) is 2.30. The third kappa shape index (κ3) is 5.54. The van der Waals surface area contributed by atoms with Gasteiger partial charge in [0.1, 0.15) is 13.2 Å². The first-order valence-electron chi connectivity index (χ1n) is 7.64. The Bertz CT molecular complexity index is 627. The van der Waals surface area contributed by atoms with Gasteiger partial charge in [-0.3, -0.25) is 4.79 Å². The van der Waals surface area contributed by atoms with Gasteiger partial charge in [-0.1, -0.05) is 30.3 Å². The summed E-state index contributed by atoms with van der Waals surface area (Å²) in [6.45, 7) is 0.574. The van der Waals surface area contributed by atoms with Crippen molar-refractivity contribution < 1.29 is 24.3 Å². The number of carbonyl (C=O) groups is 1. The third-order valence-electron chi connectivity index (χ3n) is 3.54. The van der Waals surface area contributed by atoms with E-state index in [0.29, 0.717) is 12.1 Å². The molecule has 0 aliphatic heterocycles. The van der Waals surface area contributed by atoms with Crippen molar-refractivity contribution in [3.63, 3.8) is 0 Å². The van der Waals surface area contributed by atoms with Crippen LogP contribution in [-0.4, -0.2) is 29.6 Å². The van der Waals surface area contributed by atoms with Gasteiger partial charge in [0.05, 0.1) is 38.5 Å². The van der Waals surface area contributed by atoms with E-state index in [1.54, 1.807) is 10.9 Å². The van der Waals surface area contributed by atoms with Crippen LogP contribution in [-0.2, 0) is 50.5 Å². The van der Waals surface area contributed by atoms with Gasteiger partial charge >= 0.3 is 0 Å². The number of imidazole rings is 1. The average Bonchev–Trinajstić information content (AvgIpc) is 2.98. The highest BCUT2D eigenvalue weighted by Crippen LogP contribution is 2.12. The Morgan fingerprint density at radius 3 is 2.50 bits per heavy atom. The summed E-state index contributed by atoms with van der Waals surface area (Å²) in [5.41, 5.74) is 2.51. The second kappa shape index (κ2) is 9.94. The molecule has 0 fully saturated rings. The number of aromatic nitrogens is 2. The lowest BCUT2D eigenvalue weighted by Gasteiger charge is -2.09. The van der Waals surface area contributed by atoms with Gasteiger partial charge in [0, 0.05) is 6.42 Å². The van der Waals surface area contributed by atoms with E-state index in [1.165, 1.54) is 14.2 Å². The van der Waals surface area contributed by atoms with Crippen LogP contribution in [0.1, 0.15) is 23.4 Å². The van der Waals surface area contributed by atoms with E-state index in [-0.39, 0.29) is 25.5 Å². The smallest absolute Gasteiger partial charge is 0.152 e. The Morgan fingerprint density at radius 2 is 1.79 bits per heavy atom. The van der Waals surface area contributed by atoms with E-state index in [1.807, 2.05) is 30.3 Å². The molecule has 0 amide bonds. The number of hydrogen-bond donors (Lipinski definition) is 0. The third-order valence-corrected chi connectivity index (χ3v) is 3.54. The molecule has 2 aromatic rings. The lowest BCUT2D eigenvalue weighted by atomic mass is 10.1. The number of aryl methyl sites for hydroxylation is 1. The van der Waals surface area contributed by atoms with Crippen LogP contribution in [0.2, 0.25) is 0 Å². The van der Waals surface area contributed by atoms with E-state index in [9.17, 15) is 4.79 Å². The van der Waals surface area contributed by atoms with Gasteiger partial charge in [-0.05, 0) is 12.0 Å². The second-order valence-electron chi connectivity index (χ2n) is 5.15. The highest BCUT2D eigenvalue weighted by atomic mass is 17.2. The Kier molecular flexibility index (Phi) is 7.57. The molecule has 0 spiro atoms. The Labute approximate surface area is 141 Å². The molecule has 7 heteroatoms. The first kappa shape index (κ1) is 18.3. The quantitative estimate of drug-likeness (QED) is 0.463. The molecule has 7 nitrogen and oxygen atoms in total. The normalized spacial score (nSPS) is 10.9. The highest BCUT2D eigenvalue weighted by molar-refractivity contribution is 5.78. The fraction of sp³-hybridized carbons (Fsp3) is 0.412. The molecule has 0 bridgehead atoms. The predicted molar refractivity (Wildman–Crippen MR) is 85.6 cm³/mol. The number of rotatable bonds is 11. The van der Waals surface area contributed by atoms with E-state index in [4.69, 9.17) is 9.78 Å². The minimum Gasteiger partial charge on any atom is -0.325 e. The molecule has 130 valence electrons. The average molecular weight is 334 g/mol. The monoisotopic (exact) mass is 334 g/mol. The molecule has 0 unspecified atom stereocenters. The van der Waals surface area contributed by atoms with Crippen molar-refractivity contribution in [1.29, 1.82) is 0 Å². The largest absolute Gasteiger partial charge is 0.325 e. The van der Waals surface area contributed by atoms with Gasteiger partial charge in [0.25, 0.3) is 0 Å². The lowest BCUT2D eigenvalue weighted by molar-refractivity contribution is -0.288. The van der Waals surface area contributed by atoms with Crippen molar-refractivity contribution in [2.75, 3.05) is 14.2 Å². The predicted octanol–water partition coefficient (Wildman–Crippen LogP) is 2.24. The molecule has 0 aliphatic carbocycles. The summed E-state index contributed by atoms with van der Waals surface area (Å²) in [7, 11) is 2.85. The SMILES string of the molecule is COOCc1ncn(CC(=O)CCc2ccccc2)c1COOC. The van der Waals surface area contributed by atoms with E-state index >= 15 is 0 Å². The molecule has 0 radical (unpaired) electrons. The molecule has 0 N–H and O–H groups in total. The van der Waals surface area contributed by atoms with Crippen LogP contribution in [0.5, 0.6) is 0 Å². The van der Waals surface area contributed by atoms with Crippen LogP contribution in [0, 0.1) is 0 Å². The highest BCUT2D eigenvalue weighted by Gasteiger charge is 2.14. The van der Waals surface area contributed by atoms with Gasteiger partial charge < -0.3 is 4.57 Å². The molecule has 1 aromatic carbocycles. The van der Waals surface area contributed by atoms with E-state index < -0.39 is 0 Å². The maximum Gasteiger partial charge on any atom is 0.152 e. The summed E-state index contributed by atoms with van der Waals surface area (Å²) in [6.07, 6.45) is 2.79. The molecule has 24 heavy (non-hydrogen) atoms. The second-order valence-corrected chi connectivity index (χ2v) is 5.15. The Hall–Kier alpha value is -2.06. The summed E-state index contributed by atoms with van der Waals surface area (Å²) in [4.78, 5) is 35.6. The maximum atomic E-state index is 12.3. The Morgan fingerprint density at radius 1 is 1.08 bits per heavy atom. The van der Waals surface area contributed by atoms with Crippen molar-refractivity contribution in [3.05, 3.63) is 53.6 Å². The molecule has 0 atom stereocenters. The van der Waals surface area contributed by atoms with Crippen molar-refractivity contribution in [2.45, 2.75) is 32.6 Å². The van der Waals surface area contributed by atoms with Crippen LogP contribution < -0.4 is 0 Å². The number of ketones is 1. The molecular weight excluding hydrogens is 312 g/mol. The van der Waals surface area contributed by atoms with Gasteiger partial charge in [-0.15, -0.1) is 0 Å². The van der Waals surface area contributed by atoms with Crippen LogP contribution in [0.4, 0.5) is 0 Å². The Balaban J connectivity index is 1.96. The van der Waals surface area contributed by atoms with Crippen molar-refractivity contribution in [3.8, 4) is 0 Å². The molecule has 0 aliphatic rings. The fourth-order valence-electron chi connectivity index (χ4n) is 2.30. The number of nitrogens with zero attached hydrogens (tertiary/aromatic N) is 2. The zero-order chi connectivity index (χ0) is 17.2. The summed E-state index contributed by atoms with van der Waals surface area (Å²) in [5, 5.41) is 0. The molecule has 0 saturated carbocycles. The first-order chi connectivity index (χ1) is 11.7. The summed E-state index contributed by atoms with van der Waals surface area (Å²) in [6, 6.07) is 9.93. The number of benzene rings is 1. The maximum absolute atomic E-state index is 12.3. The van der Waals surface area contributed by atoms with Crippen molar-refractivity contribution in [1.82, 2.24) is 9.55 Å². The number of hydrogen-bond acceptors (Lipinski definition) is 6. The molecule has 2 rings (SSSR count). The van der Waals surface area contributed by atoms with Crippen LogP contribution in [0.25, 0.3) is 0 Å². The van der Waals surface area contributed by atoms with Crippen LogP contribution >= 0.6 is 0 Å². The summed E-state index contributed by atoms with van der Waals surface area (Å²) < 4.78 is 1.75. The summed E-state index contributed by atoms with van der Waals surface area (Å²) >= 11 is 0. The number of carbonyl (C=O) groups excluding carboxylic acids is 1. The zero-order valence-electron chi connectivity index (χ0n) is 13.9. The van der Waals surface area contributed by atoms with Crippen LogP contribution in [0.15, 0.2) is 36.7 Å². The first-order valence-corrected chi connectivity index (χ1v) is 7.64. The molecule has 0 saturated heterocycles. The van der Waals surface area contributed by atoms with E-state index in [0.717, 1.165) is 17.7 Å². The van der Waals surface area contributed by atoms with Crippen LogP contribution in [0.3, 0.4) is 0 Å². The zero-order valence-corrected chi connectivity index (χ0v) is 13.9. The molecular formula is C17H22N2O5.